The van der Waals surface area contributed by atoms with Crippen molar-refractivity contribution in [2.45, 2.75) is 71.3 Å². The number of ether oxygens (including phenoxy) is 1. The molecule has 0 aliphatic heterocycles. The number of benzene rings is 1. The number of rotatable bonds is 6. The molecule has 0 amide bonds. The van der Waals surface area contributed by atoms with Gasteiger partial charge in [-0.3, -0.25) is 0 Å². The third kappa shape index (κ3) is 4.89. The number of hydrogen-bond acceptors (Lipinski definition) is 1. The standard InChI is InChI=1S/C18H28O/c1-3-4-5-6-16-9-13-18(14-10-16)19-17-11-7-15(2)8-12-17/h7-8,11-12,16,18H,3-6,9-10,13-14H2,1-2H3. The Morgan fingerprint density at radius 1 is 1.00 bits per heavy atom. The maximum absolute atomic E-state index is 6.08. The number of hydrogen-bond donors (Lipinski definition) is 0. The first-order valence-electron chi connectivity index (χ1n) is 8.01. The van der Waals surface area contributed by atoms with E-state index in [9.17, 15) is 0 Å². The van der Waals surface area contributed by atoms with Crippen LogP contribution in [0.25, 0.3) is 0 Å². The lowest BCUT2D eigenvalue weighted by Gasteiger charge is -2.29. The van der Waals surface area contributed by atoms with Gasteiger partial charge >= 0.3 is 0 Å². The van der Waals surface area contributed by atoms with Crippen LogP contribution >= 0.6 is 0 Å². The second-order valence-corrected chi connectivity index (χ2v) is 6.07. The van der Waals surface area contributed by atoms with Gasteiger partial charge in [-0.2, -0.15) is 0 Å². The summed E-state index contributed by atoms with van der Waals surface area (Å²) >= 11 is 0. The summed E-state index contributed by atoms with van der Waals surface area (Å²) in [5.41, 5.74) is 1.30. The molecule has 1 fully saturated rings. The van der Waals surface area contributed by atoms with Crippen LogP contribution in [0.5, 0.6) is 5.75 Å². The largest absolute Gasteiger partial charge is 0.490 e. The average molecular weight is 260 g/mol. The van der Waals surface area contributed by atoms with Crippen LogP contribution in [0.4, 0.5) is 0 Å². The third-order valence-electron chi connectivity index (χ3n) is 4.33. The summed E-state index contributed by atoms with van der Waals surface area (Å²) in [5, 5.41) is 0. The van der Waals surface area contributed by atoms with Crippen LogP contribution in [0.2, 0.25) is 0 Å². The fourth-order valence-corrected chi connectivity index (χ4v) is 3.03. The molecule has 1 heteroatoms. The van der Waals surface area contributed by atoms with Crippen LogP contribution in [0, 0.1) is 12.8 Å². The van der Waals surface area contributed by atoms with Crippen molar-refractivity contribution in [1.29, 1.82) is 0 Å². The Morgan fingerprint density at radius 2 is 1.68 bits per heavy atom. The molecule has 0 aromatic heterocycles. The smallest absolute Gasteiger partial charge is 0.119 e. The van der Waals surface area contributed by atoms with E-state index in [1.165, 1.54) is 56.9 Å². The fraction of sp³-hybridized carbons (Fsp3) is 0.667. The molecule has 1 aromatic carbocycles. The minimum absolute atomic E-state index is 0.449. The Bertz CT molecular complexity index is 346. The highest BCUT2D eigenvalue weighted by atomic mass is 16.5. The van der Waals surface area contributed by atoms with Crippen LogP contribution in [-0.2, 0) is 0 Å². The maximum Gasteiger partial charge on any atom is 0.119 e. The van der Waals surface area contributed by atoms with Crippen molar-refractivity contribution in [3.05, 3.63) is 29.8 Å². The lowest BCUT2D eigenvalue weighted by Crippen LogP contribution is -2.24. The van der Waals surface area contributed by atoms with Crippen molar-refractivity contribution in [2.75, 3.05) is 0 Å². The number of aryl methyl sites for hydroxylation is 1. The average Bonchev–Trinajstić information content (AvgIpc) is 2.44. The Hall–Kier alpha value is -0.980. The molecule has 0 heterocycles. The lowest BCUT2D eigenvalue weighted by molar-refractivity contribution is 0.127. The van der Waals surface area contributed by atoms with Gasteiger partial charge < -0.3 is 4.74 Å². The molecule has 1 saturated carbocycles. The van der Waals surface area contributed by atoms with E-state index in [4.69, 9.17) is 4.74 Å². The molecule has 0 unspecified atom stereocenters. The number of unbranched alkanes of at least 4 members (excludes halogenated alkanes) is 2. The van der Waals surface area contributed by atoms with E-state index in [1.54, 1.807) is 0 Å². The summed E-state index contributed by atoms with van der Waals surface area (Å²) in [6.07, 6.45) is 11.3. The minimum Gasteiger partial charge on any atom is -0.490 e. The molecule has 0 bridgehead atoms. The van der Waals surface area contributed by atoms with Crippen molar-refractivity contribution in [3.63, 3.8) is 0 Å². The highest BCUT2D eigenvalue weighted by molar-refractivity contribution is 5.26. The molecule has 0 atom stereocenters. The van der Waals surface area contributed by atoms with Gasteiger partial charge in [-0.1, -0.05) is 50.3 Å². The highest BCUT2D eigenvalue weighted by Crippen LogP contribution is 2.30. The molecule has 0 radical (unpaired) electrons. The lowest BCUT2D eigenvalue weighted by atomic mass is 9.84. The Kier molecular flexibility index (Phi) is 5.75. The predicted molar refractivity (Wildman–Crippen MR) is 81.7 cm³/mol. The van der Waals surface area contributed by atoms with Gasteiger partial charge in [0.05, 0.1) is 6.10 Å². The van der Waals surface area contributed by atoms with Crippen LogP contribution in [0.3, 0.4) is 0 Å². The molecule has 0 saturated heterocycles. The monoisotopic (exact) mass is 260 g/mol. The Balaban J connectivity index is 1.69. The summed E-state index contributed by atoms with van der Waals surface area (Å²) in [7, 11) is 0. The van der Waals surface area contributed by atoms with Gasteiger partial charge in [0.1, 0.15) is 5.75 Å². The summed E-state index contributed by atoms with van der Waals surface area (Å²) < 4.78 is 6.08. The normalized spacial score (nSPS) is 23.3. The summed E-state index contributed by atoms with van der Waals surface area (Å²) in [6, 6.07) is 8.46. The van der Waals surface area contributed by atoms with Crippen molar-refractivity contribution in [1.82, 2.24) is 0 Å². The van der Waals surface area contributed by atoms with Gasteiger partial charge in [-0.15, -0.1) is 0 Å². The predicted octanol–water partition coefficient (Wildman–Crippen LogP) is 5.51. The molecule has 106 valence electrons. The summed E-state index contributed by atoms with van der Waals surface area (Å²) in [6.45, 7) is 4.40. The van der Waals surface area contributed by atoms with E-state index in [1.807, 2.05) is 0 Å². The van der Waals surface area contributed by atoms with E-state index in [0.717, 1.165) is 11.7 Å². The van der Waals surface area contributed by atoms with Gasteiger partial charge in [0, 0.05) is 0 Å². The molecule has 0 N–H and O–H groups in total. The van der Waals surface area contributed by atoms with E-state index >= 15 is 0 Å². The molecule has 19 heavy (non-hydrogen) atoms. The van der Waals surface area contributed by atoms with Crippen molar-refractivity contribution < 1.29 is 4.74 Å². The first kappa shape index (κ1) is 14.4. The van der Waals surface area contributed by atoms with E-state index < -0.39 is 0 Å². The second kappa shape index (κ2) is 7.57. The van der Waals surface area contributed by atoms with Crippen molar-refractivity contribution in [3.8, 4) is 5.75 Å². The van der Waals surface area contributed by atoms with Crippen LogP contribution in [0.15, 0.2) is 24.3 Å². The van der Waals surface area contributed by atoms with Gasteiger partial charge in [-0.05, 0) is 50.7 Å². The zero-order valence-corrected chi connectivity index (χ0v) is 12.5. The molecule has 1 nitrogen and oxygen atoms in total. The molecular weight excluding hydrogens is 232 g/mol. The van der Waals surface area contributed by atoms with Crippen molar-refractivity contribution in [2.24, 2.45) is 5.92 Å². The fourth-order valence-electron chi connectivity index (χ4n) is 3.03. The quantitative estimate of drug-likeness (QED) is 0.612. The third-order valence-corrected chi connectivity index (χ3v) is 4.33. The second-order valence-electron chi connectivity index (χ2n) is 6.07. The topological polar surface area (TPSA) is 9.23 Å². The Labute approximate surface area is 118 Å². The van der Waals surface area contributed by atoms with E-state index in [0.29, 0.717) is 6.10 Å². The summed E-state index contributed by atoms with van der Waals surface area (Å²) in [5.74, 6) is 2.00. The zero-order chi connectivity index (χ0) is 13.5. The first-order valence-corrected chi connectivity index (χ1v) is 8.01. The van der Waals surface area contributed by atoms with Crippen molar-refractivity contribution >= 4 is 0 Å². The van der Waals surface area contributed by atoms with Crippen LogP contribution in [0.1, 0.15) is 63.9 Å². The van der Waals surface area contributed by atoms with Gasteiger partial charge in [-0.25, -0.2) is 0 Å². The summed E-state index contributed by atoms with van der Waals surface area (Å²) in [4.78, 5) is 0. The van der Waals surface area contributed by atoms with E-state index in [2.05, 4.69) is 38.1 Å². The highest BCUT2D eigenvalue weighted by Gasteiger charge is 2.21. The first-order chi connectivity index (χ1) is 9.28. The van der Waals surface area contributed by atoms with Crippen LogP contribution in [-0.4, -0.2) is 6.10 Å². The molecule has 1 aliphatic carbocycles. The zero-order valence-electron chi connectivity index (χ0n) is 12.5. The molecular formula is C18H28O. The SMILES string of the molecule is CCCCCC1CCC(Oc2ccc(C)cc2)CC1. The molecule has 1 aromatic rings. The molecule has 0 spiro atoms. The minimum atomic E-state index is 0.449. The van der Waals surface area contributed by atoms with Gasteiger partial charge in [0.25, 0.3) is 0 Å². The molecule has 1 aliphatic rings. The van der Waals surface area contributed by atoms with Gasteiger partial charge in [0.15, 0.2) is 0 Å². The van der Waals surface area contributed by atoms with Crippen LogP contribution < -0.4 is 4.74 Å². The van der Waals surface area contributed by atoms with E-state index in [-0.39, 0.29) is 0 Å². The van der Waals surface area contributed by atoms with Gasteiger partial charge in [0.2, 0.25) is 0 Å². The molecule has 2 rings (SSSR count). The Morgan fingerprint density at radius 3 is 2.32 bits per heavy atom. The maximum atomic E-state index is 6.08.